The number of hydrogen-bond acceptors (Lipinski definition) is 5. The van der Waals surface area contributed by atoms with Gasteiger partial charge in [0.1, 0.15) is 0 Å². The average Bonchev–Trinajstić information content (AvgIpc) is 2.45. The van der Waals surface area contributed by atoms with Crippen LogP contribution in [0.1, 0.15) is 18.9 Å². The van der Waals surface area contributed by atoms with Gasteiger partial charge >= 0.3 is 5.97 Å². The van der Waals surface area contributed by atoms with Gasteiger partial charge in [-0.05, 0) is 43.0 Å². The molecule has 1 aromatic rings. The Morgan fingerprint density at radius 1 is 1.33 bits per heavy atom. The molecule has 0 aliphatic carbocycles. The Hall–Kier alpha value is -1.05. The monoisotopic (exact) mass is 331 g/mol. The molecule has 0 amide bonds. The van der Waals surface area contributed by atoms with E-state index in [9.17, 15) is 13.2 Å². The molecule has 0 saturated heterocycles. The number of sulfonamides is 1. The second kappa shape index (κ2) is 8.41. The molecule has 0 heterocycles. The number of esters is 1. The lowest BCUT2D eigenvalue weighted by atomic mass is 10.2. The van der Waals surface area contributed by atoms with Gasteiger partial charge in [-0.2, -0.15) is 11.8 Å². The molecular weight excluding hydrogens is 310 g/mol. The van der Waals surface area contributed by atoms with E-state index in [1.165, 1.54) is 19.2 Å². The molecule has 0 bridgehead atoms. The van der Waals surface area contributed by atoms with Crippen LogP contribution in [0.25, 0.3) is 0 Å². The normalized spacial score (nSPS) is 12.9. The minimum Gasteiger partial charge on any atom is -0.469 e. The lowest BCUT2D eigenvalue weighted by Crippen LogP contribution is -2.33. The summed E-state index contributed by atoms with van der Waals surface area (Å²) in [6.45, 7) is 1.85. The fourth-order valence-electron chi connectivity index (χ4n) is 1.71. The summed E-state index contributed by atoms with van der Waals surface area (Å²) in [5, 5.41) is 0. The van der Waals surface area contributed by atoms with Crippen LogP contribution >= 0.6 is 11.8 Å². The number of carbonyl (C=O) groups is 1. The summed E-state index contributed by atoms with van der Waals surface area (Å²) in [6.07, 6.45) is 2.90. The summed E-state index contributed by atoms with van der Waals surface area (Å²) in [5.41, 5.74) is 0.719. The number of ether oxygens (including phenoxy) is 1. The first-order valence-electron chi connectivity index (χ1n) is 6.56. The van der Waals surface area contributed by atoms with E-state index in [-0.39, 0.29) is 23.3 Å². The fraction of sp³-hybridized carbons (Fsp3) is 0.500. The van der Waals surface area contributed by atoms with Gasteiger partial charge in [0, 0.05) is 6.04 Å². The quantitative estimate of drug-likeness (QED) is 0.736. The second-order valence-corrected chi connectivity index (χ2v) is 7.40. The molecular formula is C14H21NO4S2. The van der Waals surface area contributed by atoms with Gasteiger partial charge in [0.25, 0.3) is 0 Å². The molecule has 0 fully saturated rings. The molecule has 0 aliphatic heterocycles. The van der Waals surface area contributed by atoms with Gasteiger partial charge in [-0.25, -0.2) is 13.1 Å². The maximum atomic E-state index is 12.2. The first kappa shape index (κ1) is 18.0. The number of thioether (sulfide) groups is 1. The highest BCUT2D eigenvalue weighted by Crippen LogP contribution is 2.13. The molecule has 0 spiro atoms. The van der Waals surface area contributed by atoms with Crippen molar-refractivity contribution in [3.05, 3.63) is 29.8 Å². The van der Waals surface area contributed by atoms with Crippen LogP contribution < -0.4 is 4.72 Å². The maximum Gasteiger partial charge on any atom is 0.309 e. The number of benzene rings is 1. The van der Waals surface area contributed by atoms with E-state index in [0.29, 0.717) is 0 Å². The lowest BCUT2D eigenvalue weighted by molar-refractivity contribution is -0.139. The summed E-state index contributed by atoms with van der Waals surface area (Å²) in [4.78, 5) is 11.4. The van der Waals surface area contributed by atoms with Gasteiger partial charge in [-0.3, -0.25) is 4.79 Å². The van der Waals surface area contributed by atoms with Crippen LogP contribution in [0.15, 0.2) is 29.2 Å². The van der Waals surface area contributed by atoms with E-state index in [1.807, 2.05) is 13.2 Å². The van der Waals surface area contributed by atoms with Gasteiger partial charge in [0.2, 0.25) is 10.0 Å². The summed E-state index contributed by atoms with van der Waals surface area (Å²) in [7, 11) is -2.20. The summed E-state index contributed by atoms with van der Waals surface area (Å²) < 4.78 is 31.6. The van der Waals surface area contributed by atoms with E-state index >= 15 is 0 Å². The molecule has 1 atom stereocenters. The fourth-order valence-corrected chi connectivity index (χ4v) is 3.58. The van der Waals surface area contributed by atoms with E-state index in [0.717, 1.165) is 17.7 Å². The van der Waals surface area contributed by atoms with Gasteiger partial charge in [0.15, 0.2) is 0 Å². The van der Waals surface area contributed by atoms with Gasteiger partial charge in [0.05, 0.1) is 18.4 Å². The number of hydrogen-bond donors (Lipinski definition) is 1. The first-order valence-corrected chi connectivity index (χ1v) is 9.43. The molecule has 5 nitrogen and oxygen atoms in total. The van der Waals surface area contributed by atoms with Crippen LogP contribution in [0.5, 0.6) is 0 Å². The largest absolute Gasteiger partial charge is 0.469 e. The van der Waals surface area contributed by atoms with Crippen molar-refractivity contribution in [2.45, 2.75) is 30.7 Å². The number of carbonyl (C=O) groups excluding carboxylic acids is 1. The van der Waals surface area contributed by atoms with Gasteiger partial charge in [-0.15, -0.1) is 0 Å². The number of methoxy groups -OCH3 is 1. The molecule has 1 N–H and O–H groups in total. The highest BCUT2D eigenvalue weighted by Gasteiger charge is 2.17. The number of rotatable bonds is 8. The van der Waals surface area contributed by atoms with E-state index in [4.69, 9.17) is 0 Å². The van der Waals surface area contributed by atoms with Crippen LogP contribution in [0.4, 0.5) is 0 Å². The Bertz CT molecular complexity index is 555. The van der Waals surface area contributed by atoms with Crippen LogP contribution in [-0.4, -0.2) is 39.5 Å². The predicted octanol–water partition coefficient (Wildman–Crippen LogP) is 1.82. The van der Waals surface area contributed by atoms with E-state index < -0.39 is 10.0 Å². The van der Waals surface area contributed by atoms with Crippen LogP contribution in [0.3, 0.4) is 0 Å². The molecule has 0 saturated carbocycles. The Morgan fingerprint density at radius 2 is 1.95 bits per heavy atom. The van der Waals surface area contributed by atoms with Crippen molar-refractivity contribution in [1.29, 1.82) is 0 Å². The highest BCUT2D eigenvalue weighted by molar-refractivity contribution is 7.98. The first-order chi connectivity index (χ1) is 9.89. The molecule has 0 radical (unpaired) electrons. The van der Waals surface area contributed by atoms with Crippen molar-refractivity contribution in [2.24, 2.45) is 0 Å². The Balaban J connectivity index is 2.73. The zero-order valence-electron chi connectivity index (χ0n) is 12.5. The Labute approximate surface area is 130 Å². The molecule has 21 heavy (non-hydrogen) atoms. The van der Waals surface area contributed by atoms with Gasteiger partial charge < -0.3 is 4.74 Å². The Kier molecular flexibility index (Phi) is 7.21. The minimum atomic E-state index is -3.52. The zero-order chi connectivity index (χ0) is 15.9. The SMILES string of the molecule is COC(=O)Cc1ccc(S(=O)(=O)NC(C)CCSC)cc1. The molecule has 1 unspecified atom stereocenters. The maximum absolute atomic E-state index is 12.2. The topological polar surface area (TPSA) is 72.5 Å². The minimum absolute atomic E-state index is 0.114. The molecule has 7 heteroatoms. The van der Waals surface area contributed by atoms with Crippen molar-refractivity contribution in [2.75, 3.05) is 19.1 Å². The van der Waals surface area contributed by atoms with Crippen LogP contribution in [-0.2, 0) is 26.0 Å². The molecule has 0 aromatic heterocycles. The standard InChI is InChI=1S/C14H21NO4S2/c1-11(8-9-20-3)15-21(17,18)13-6-4-12(5-7-13)10-14(16)19-2/h4-7,11,15H,8-10H2,1-3H3. The number of nitrogens with one attached hydrogen (secondary N) is 1. The van der Waals surface area contributed by atoms with Crippen molar-refractivity contribution in [1.82, 2.24) is 4.72 Å². The van der Waals surface area contributed by atoms with Gasteiger partial charge in [-0.1, -0.05) is 12.1 Å². The van der Waals surface area contributed by atoms with E-state index in [1.54, 1.807) is 23.9 Å². The smallest absolute Gasteiger partial charge is 0.309 e. The van der Waals surface area contributed by atoms with Crippen LogP contribution in [0.2, 0.25) is 0 Å². The van der Waals surface area contributed by atoms with Crippen molar-refractivity contribution < 1.29 is 17.9 Å². The zero-order valence-corrected chi connectivity index (χ0v) is 14.1. The summed E-state index contributed by atoms with van der Waals surface area (Å²) in [6, 6.07) is 6.14. The highest BCUT2D eigenvalue weighted by atomic mass is 32.2. The Morgan fingerprint density at radius 3 is 2.48 bits per heavy atom. The summed E-state index contributed by atoms with van der Waals surface area (Å²) in [5.74, 6) is 0.552. The molecule has 118 valence electrons. The lowest BCUT2D eigenvalue weighted by Gasteiger charge is -2.13. The molecule has 0 aliphatic rings. The van der Waals surface area contributed by atoms with Crippen LogP contribution in [0, 0.1) is 0 Å². The summed E-state index contributed by atoms with van der Waals surface area (Å²) >= 11 is 1.68. The van der Waals surface area contributed by atoms with Crippen molar-refractivity contribution in [3.8, 4) is 0 Å². The molecule has 1 rings (SSSR count). The molecule has 1 aromatic carbocycles. The third-order valence-corrected chi connectivity index (χ3v) is 5.17. The van der Waals surface area contributed by atoms with Crippen molar-refractivity contribution >= 4 is 27.8 Å². The van der Waals surface area contributed by atoms with Crippen molar-refractivity contribution in [3.63, 3.8) is 0 Å². The predicted molar refractivity (Wildman–Crippen MR) is 84.9 cm³/mol. The third kappa shape index (κ3) is 6.07. The van der Waals surface area contributed by atoms with E-state index in [2.05, 4.69) is 9.46 Å². The second-order valence-electron chi connectivity index (χ2n) is 4.70. The third-order valence-electron chi connectivity index (χ3n) is 2.92. The average molecular weight is 331 g/mol.